The normalized spacial score (nSPS) is 29.7. The molecule has 1 atom stereocenters. The minimum Gasteiger partial charge on any atom is -0.384 e. The van der Waals surface area contributed by atoms with Crippen LogP contribution >= 0.6 is 0 Å². The molecule has 0 radical (unpaired) electrons. The van der Waals surface area contributed by atoms with E-state index < -0.39 is 0 Å². The van der Waals surface area contributed by atoms with Crippen LogP contribution in [0.15, 0.2) is 24.4 Å². The van der Waals surface area contributed by atoms with E-state index in [9.17, 15) is 0 Å². The minimum atomic E-state index is 0.614. The second-order valence-electron chi connectivity index (χ2n) is 4.19. The number of nitrogens with one attached hydrogen (secondary N) is 1. The lowest BCUT2D eigenvalue weighted by Gasteiger charge is -2.25. The molecule has 1 aliphatic heterocycles. The number of rotatable bonds is 1. The van der Waals surface area contributed by atoms with E-state index in [0.717, 1.165) is 5.92 Å². The highest BCUT2D eigenvalue weighted by molar-refractivity contribution is 5.13. The Labute approximate surface area is 80.9 Å². The van der Waals surface area contributed by atoms with Gasteiger partial charge < -0.3 is 5.32 Å². The van der Waals surface area contributed by atoms with Crippen LogP contribution < -0.4 is 5.32 Å². The highest BCUT2D eigenvalue weighted by Gasteiger charge is 2.19. The minimum absolute atomic E-state index is 0.614. The van der Waals surface area contributed by atoms with Crippen LogP contribution in [0.1, 0.15) is 38.5 Å². The monoisotopic (exact) mass is 177 g/mol. The van der Waals surface area contributed by atoms with E-state index in [1.165, 1.54) is 38.5 Å². The van der Waals surface area contributed by atoms with Crippen molar-refractivity contribution >= 4 is 0 Å². The molecule has 1 nitrogen and oxygen atoms in total. The highest BCUT2D eigenvalue weighted by Crippen LogP contribution is 2.26. The first-order chi connectivity index (χ1) is 6.47. The summed E-state index contributed by atoms with van der Waals surface area (Å²) in [5, 5.41) is 3.45. The Morgan fingerprint density at radius 2 is 1.69 bits per heavy atom. The summed E-state index contributed by atoms with van der Waals surface area (Å²) in [5.74, 6) is 0.878. The molecule has 0 aromatic heterocycles. The number of hydrogen-bond acceptors (Lipinski definition) is 1. The summed E-state index contributed by atoms with van der Waals surface area (Å²) >= 11 is 0. The van der Waals surface area contributed by atoms with Gasteiger partial charge in [-0.3, -0.25) is 0 Å². The SMILES string of the molecule is C1=CNC(C2CCCCCC2)C=C1. The Bertz CT molecular complexity index is 197. The van der Waals surface area contributed by atoms with Crippen LogP contribution in [0.5, 0.6) is 0 Å². The van der Waals surface area contributed by atoms with E-state index in [-0.39, 0.29) is 0 Å². The zero-order valence-corrected chi connectivity index (χ0v) is 8.21. The van der Waals surface area contributed by atoms with E-state index in [4.69, 9.17) is 0 Å². The van der Waals surface area contributed by atoms with Gasteiger partial charge in [0.2, 0.25) is 0 Å². The molecule has 0 aromatic carbocycles. The molecule has 0 bridgehead atoms. The van der Waals surface area contributed by atoms with E-state index in [2.05, 4.69) is 29.7 Å². The summed E-state index contributed by atoms with van der Waals surface area (Å²) in [6, 6.07) is 0.614. The molecule has 1 saturated carbocycles. The predicted octanol–water partition coefficient (Wildman–Crippen LogP) is 3.00. The summed E-state index contributed by atoms with van der Waals surface area (Å²) in [5.41, 5.74) is 0. The molecule has 1 heteroatoms. The van der Waals surface area contributed by atoms with Gasteiger partial charge in [-0.15, -0.1) is 0 Å². The Balaban J connectivity index is 1.90. The summed E-state index contributed by atoms with van der Waals surface area (Å²) in [6.07, 6.45) is 17.2. The molecule has 0 aromatic rings. The summed E-state index contributed by atoms with van der Waals surface area (Å²) in [4.78, 5) is 0. The lowest BCUT2D eigenvalue weighted by Crippen LogP contribution is -2.31. The standard InChI is InChI=1S/C12H19N/c1-2-4-8-11(7-3-1)12-9-5-6-10-13-12/h5-6,9-13H,1-4,7-8H2. The van der Waals surface area contributed by atoms with Gasteiger partial charge in [-0.1, -0.05) is 37.8 Å². The average molecular weight is 177 g/mol. The third-order valence-electron chi connectivity index (χ3n) is 3.22. The van der Waals surface area contributed by atoms with Crippen LogP contribution in [0.3, 0.4) is 0 Å². The van der Waals surface area contributed by atoms with Gasteiger partial charge in [-0.05, 0) is 31.0 Å². The second kappa shape index (κ2) is 4.50. The fourth-order valence-electron chi connectivity index (χ4n) is 2.42. The topological polar surface area (TPSA) is 12.0 Å². The number of dihydropyridines is 1. The Morgan fingerprint density at radius 3 is 2.31 bits per heavy atom. The van der Waals surface area contributed by atoms with Gasteiger partial charge in [0.15, 0.2) is 0 Å². The van der Waals surface area contributed by atoms with Crippen molar-refractivity contribution in [1.82, 2.24) is 5.32 Å². The predicted molar refractivity (Wildman–Crippen MR) is 56.4 cm³/mol. The van der Waals surface area contributed by atoms with Gasteiger partial charge in [0, 0.05) is 6.04 Å². The Morgan fingerprint density at radius 1 is 0.923 bits per heavy atom. The maximum atomic E-state index is 3.45. The molecule has 0 spiro atoms. The fraction of sp³-hybridized carbons (Fsp3) is 0.667. The van der Waals surface area contributed by atoms with Crippen molar-refractivity contribution in [3.8, 4) is 0 Å². The molecule has 1 heterocycles. The fourth-order valence-corrected chi connectivity index (χ4v) is 2.42. The molecule has 72 valence electrons. The van der Waals surface area contributed by atoms with Crippen LogP contribution in [0.2, 0.25) is 0 Å². The van der Waals surface area contributed by atoms with Gasteiger partial charge in [0.25, 0.3) is 0 Å². The van der Waals surface area contributed by atoms with Crippen LogP contribution in [-0.2, 0) is 0 Å². The number of allylic oxidation sites excluding steroid dienone is 2. The molecular weight excluding hydrogens is 158 g/mol. The molecule has 0 amide bonds. The van der Waals surface area contributed by atoms with Crippen molar-refractivity contribution in [2.45, 2.75) is 44.6 Å². The lowest BCUT2D eigenvalue weighted by atomic mass is 9.91. The van der Waals surface area contributed by atoms with Crippen molar-refractivity contribution < 1.29 is 0 Å². The molecule has 1 fully saturated rings. The average Bonchev–Trinajstić information content (AvgIpc) is 2.47. The van der Waals surface area contributed by atoms with E-state index in [1.54, 1.807) is 0 Å². The third-order valence-corrected chi connectivity index (χ3v) is 3.22. The summed E-state index contributed by atoms with van der Waals surface area (Å²) < 4.78 is 0. The zero-order valence-electron chi connectivity index (χ0n) is 8.21. The number of hydrogen-bond donors (Lipinski definition) is 1. The molecule has 2 rings (SSSR count). The van der Waals surface area contributed by atoms with Crippen LogP contribution in [0.4, 0.5) is 0 Å². The van der Waals surface area contributed by atoms with E-state index in [1.807, 2.05) is 0 Å². The first kappa shape index (κ1) is 8.86. The van der Waals surface area contributed by atoms with Gasteiger partial charge >= 0.3 is 0 Å². The first-order valence-electron chi connectivity index (χ1n) is 5.56. The quantitative estimate of drug-likeness (QED) is 0.607. The van der Waals surface area contributed by atoms with Crippen molar-refractivity contribution in [1.29, 1.82) is 0 Å². The maximum absolute atomic E-state index is 3.45. The Kier molecular flexibility index (Phi) is 3.07. The van der Waals surface area contributed by atoms with Crippen molar-refractivity contribution in [3.63, 3.8) is 0 Å². The summed E-state index contributed by atoms with van der Waals surface area (Å²) in [6.45, 7) is 0. The molecule has 1 N–H and O–H groups in total. The van der Waals surface area contributed by atoms with Gasteiger partial charge in [0.05, 0.1) is 0 Å². The second-order valence-corrected chi connectivity index (χ2v) is 4.19. The largest absolute Gasteiger partial charge is 0.384 e. The highest BCUT2D eigenvalue weighted by atomic mass is 14.9. The Hall–Kier alpha value is -0.720. The molecule has 13 heavy (non-hydrogen) atoms. The molecule has 0 saturated heterocycles. The zero-order chi connectivity index (χ0) is 8.93. The van der Waals surface area contributed by atoms with Crippen LogP contribution in [0, 0.1) is 5.92 Å². The van der Waals surface area contributed by atoms with Crippen molar-refractivity contribution in [2.75, 3.05) is 0 Å². The van der Waals surface area contributed by atoms with Crippen LogP contribution in [-0.4, -0.2) is 6.04 Å². The van der Waals surface area contributed by atoms with E-state index in [0.29, 0.717) is 6.04 Å². The molecular formula is C12H19N. The maximum Gasteiger partial charge on any atom is 0.0470 e. The van der Waals surface area contributed by atoms with Crippen molar-refractivity contribution in [2.24, 2.45) is 5.92 Å². The van der Waals surface area contributed by atoms with E-state index >= 15 is 0 Å². The first-order valence-corrected chi connectivity index (χ1v) is 5.56. The van der Waals surface area contributed by atoms with Gasteiger partial charge in [0.1, 0.15) is 0 Å². The lowest BCUT2D eigenvalue weighted by molar-refractivity contribution is 0.387. The molecule has 2 aliphatic rings. The van der Waals surface area contributed by atoms with Crippen LogP contribution in [0.25, 0.3) is 0 Å². The summed E-state index contributed by atoms with van der Waals surface area (Å²) in [7, 11) is 0. The molecule has 1 unspecified atom stereocenters. The molecule has 1 aliphatic carbocycles. The van der Waals surface area contributed by atoms with Gasteiger partial charge in [-0.2, -0.15) is 0 Å². The third kappa shape index (κ3) is 2.36. The van der Waals surface area contributed by atoms with Gasteiger partial charge in [-0.25, -0.2) is 0 Å². The smallest absolute Gasteiger partial charge is 0.0470 e. The van der Waals surface area contributed by atoms with Crippen molar-refractivity contribution in [3.05, 3.63) is 24.4 Å².